The fraction of sp³-hybridized carbons (Fsp3) is 0.385. The van der Waals surface area contributed by atoms with Gasteiger partial charge in [0.05, 0.1) is 22.2 Å². The molecular formula is C13H16BrClN2O2S. The first-order chi connectivity index (χ1) is 9.47. The van der Waals surface area contributed by atoms with Crippen molar-refractivity contribution in [2.45, 2.75) is 6.42 Å². The zero-order chi connectivity index (χ0) is 15.1. The Hall–Kier alpha value is -0.690. The highest BCUT2D eigenvalue weighted by molar-refractivity contribution is 9.10. The van der Waals surface area contributed by atoms with E-state index in [1.54, 1.807) is 30.2 Å². The molecular weight excluding hydrogens is 364 g/mol. The number of ether oxygens (including phenoxy) is 1. The highest BCUT2D eigenvalue weighted by atomic mass is 79.9. The van der Waals surface area contributed by atoms with Gasteiger partial charge in [-0.1, -0.05) is 29.9 Å². The number of methoxy groups -OCH3 is 1. The Morgan fingerprint density at radius 2 is 2.20 bits per heavy atom. The van der Waals surface area contributed by atoms with Crippen molar-refractivity contribution in [1.82, 2.24) is 4.90 Å². The molecule has 0 atom stereocenters. The fourth-order valence-electron chi connectivity index (χ4n) is 1.60. The van der Waals surface area contributed by atoms with Crippen LogP contribution in [0.15, 0.2) is 22.7 Å². The van der Waals surface area contributed by atoms with Gasteiger partial charge >= 0.3 is 0 Å². The SMILES string of the molecule is COCCN(CCC(N)=S)C(=O)c1cccc(Br)c1Cl. The van der Waals surface area contributed by atoms with Crippen LogP contribution < -0.4 is 5.73 Å². The van der Waals surface area contributed by atoms with Gasteiger partial charge in [0.15, 0.2) is 0 Å². The van der Waals surface area contributed by atoms with Crippen LogP contribution in [0.25, 0.3) is 0 Å². The molecule has 1 rings (SSSR count). The first-order valence-corrected chi connectivity index (χ1v) is 7.55. The normalized spacial score (nSPS) is 10.3. The average Bonchev–Trinajstić information content (AvgIpc) is 2.41. The standard InChI is InChI=1S/C13H16BrClN2O2S/c1-19-8-7-17(6-5-11(16)20)13(18)9-3-2-4-10(14)12(9)15/h2-4H,5-8H2,1H3,(H2,16,20). The Labute approximate surface area is 137 Å². The number of carbonyl (C=O) groups is 1. The van der Waals surface area contributed by atoms with Crippen LogP contribution in [0.5, 0.6) is 0 Å². The lowest BCUT2D eigenvalue weighted by atomic mass is 10.2. The highest BCUT2D eigenvalue weighted by Gasteiger charge is 2.19. The van der Waals surface area contributed by atoms with Gasteiger partial charge in [0.1, 0.15) is 0 Å². The van der Waals surface area contributed by atoms with Crippen LogP contribution in [0, 0.1) is 0 Å². The average molecular weight is 380 g/mol. The van der Waals surface area contributed by atoms with E-state index in [4.69, 9.17) is 34.3 Å². The molecule has 0 saturated carbocycles. The zero-order valence-electron chi connectivity index (χ0n) is 11.1. The number of nitrogens with two attached hydrogens (primary N) is 1. The van der Waals surface area contributed by atoms with Crippen molar-refractivity contribution >= 4 is 50.6 Å². The lowest BCUT2D eigenvalue weighted by Crippen LogP contribution is -2.36. The summed E-state index contributed by atoms with van der Waals surface area (Å²) in [5, 5.41) is 0.398. The first kappa shape index (κ1) is 17.4. The van der Waals surface area contributed by atoms with Gasteiger partial charge in [-0.2, -0.15) is 0 Å². The number of benzene rings is 1. The van der Waals surface area contributed by atoms with E-state index in [-0.39, 0.29) is 5.91 Å². The molecule has 0 aromatic heterocycles. The van der Waals surface area contributed by atoms with Crippen molar-refractivity contribution in [3.05, 3.63) is 33.3 Å². The number of halogens is 2. The molecule has 0 spiro atoms. The molecule has 0 aliphatic carbocycles. The van der Waals surface area contributed by atoms with E-state index in [1.165, 1.54) is 0 Å². The molecule has 110 valence electrons. The third-order valence-corrected chi connectivity index (χ3v) is 4.16. The molecule has 4 nitrogen and oxygen atoms in total. The summed E-state index contributed by atoms with van der Waals surface area (Å²) in [7, 11) is 1.59. The van der Waals surface area contributed by atoms with Crippen LogP contribution in [0.3, 0.4) is 0 Å². The Balaban J connectivity index is 2.90. The van der Waals surface area contributed by atoms with Crippen LogP contribution >= 0.6 is 39.7 Å². The van der Waals surface area contributed by atoms with Crippen molar-refractivity contribution in [1.29, 1.82) is 0 Å². The first-order valence-electron chi connectivity index (χ1n) is 5.98. The van der Waals surface area contributed by atoms with Crippen molar-refractivity contribution in [3.63, 3.8) is 0 Å². The number of rotatable bonds is 7. The molecule has 0 saturated heterocycles. The molecule has 1 aromatic carbocycles. The molecule has 0 fully saturated rings. The molecule has 0 aliphatic rings. The number of hydrogen-bond acceptors (Lipinski definition) is 3. The van der Waals surface area contributed by atoms with E-state index in [9.17, 15) is 4.79 Å². The van der Waals surface area contributed by atoms with Crippen LogP contribution in [-0.2, 0) is 4.74 Å². The number of hydrogen-bond donors (Lipinski definition) is 1. The molecule has 0 unspecified atom stereocenters. The second-order valence-corrected chi connectivity index (χ2v) is 5.86. The summed E-state index contributed by atoms with van der Waals surface area (Å²) in [4.78, 5) is 14.5. The number of nitrogens with zero attached hydrogens (tertiary/aromatic N) is 1. The van der Waals surface area contributed by atoms with Gasteiger partial charge < -0.3 is 15.4 Å². The minimum absolute atomic E-state index is 0.162. The van der Waals surface area contributed by atoms with E-state index < -0.39 is 0 Å². The van der Waals surface area contributed by atoms with Gasteiger partial charge in [0.2, 0.25) is 0 Å². The van der Waals surface area contributed by atoms with Crippen molar-refractivity contribution in [2.75, 3.05) is 26.8 Å². The summed E-state index contributed by atoms with van der Waals surface area (Å²) in [5.74, 6) is -0.162. The third-order valence-electron chi connectivity index (χ3n) is 2.66. The van der Waals surface area contributed by atoms with E-state index in [0.29, 0.717) is 46.2 Å². The molecule has 0 aliphatic heterocycles. The molecule has 2 N–H and O–H groups in total. The van der Waals surface area contributed by atoms with Gasteiger partial charge in [-0.05, 0) is 28.1 Å². The minimum atomic E-state index is -0.162. The Morgan fingerprint density at radius 3 is 2.80 bits per heavy atom. The van der Waals surface area contributed by atoms with Gasteiger partial charge in [-0.15, -0.1) is 0 Å². The largest absolute Gasteiger partial charge is 0.393 e. The molecule has 1 aromatic rings. The lowest BCUT2D eigenvalue weighted by molar-refractivity contribution is 0.0701. The summed E-state index contributed by atoms with van der Waals surface area (Å²) >= 11 is 14.3. The third kappa shape index (κ3) is 5.01. The zero-order valence-corrected chi connectivity index (χ0v) is 14.2. The maximum absolute atomic E-state index is 12.5. The maximum Gasteiger partial charge on any atom is 0.255 e. The summed E-state index contributed by atoms with van der Waals surface area (Å²) in [6.45, 7) is 1.34. The van der Waals surface area contributed by atoms with E-state index >= 15 is 0 Å². The summed E-state index contributed by atoms with van der Waals surface area (Å²) in [6.07, 6.45) is 0.469. The summed E-state index contributed by atoms with van der Waals surface area (Å²) in [5.41, 5.74) is 5.94. The van der Waals surface area contributed by atoms with E-state index in [2.05, 4.69) is 15.9 Å². The predicted octanol–water partition coefficient (Wildman–Crippen LogP) is 2.87. The molecule has 0 bridgehead atoms. The Morgan fingerprint density at radius 1 is 1.50 bits per heavy atom. The number of thiocarbonyl (C=S) groups is 1. The highest BCUT2D eigenvalue weighted by Crippen LogP contribution is 2.27. The molecule has 20 heavy (non-hydrogen) atoms. The summed E-state index contributed by atoms with van der Waals surface area (Å²) in [6, 6.07) is 5.24. The molecule has 0 heterocycles. The predicted molar refractivity (Wildman–Crippen MR) is 88.3 cm³/mol. The number of carbonyl (C=O) groups excluding carboxylic acids is 1. The van der Waals surface area contributed by atoms with Crippen molar-refractivity contribution < 1.29 is 9.53 Å². The molecule has 0 radical (unpaired) electrons. The molecule has 1 amide bonds. The second kappa shape index (κ2) is 8.56. The Bertz CT molecular complexity index is 499. The van der Waals surface area contributed by atoms with Crippen LogP contribution in [0.2, 0.25) is 5.02 Å². The molecule has 7 heteroatoms. The number of amides is 1. The fourth-order valence-corrected chi connectivity index (χ4v) is 2.27. The lowest BCUT2D eigenvalue weighted by Gasteiger charge is -2.23. The second-order valence-electron chi connectivity index (χ2n) is 4.10. The maximum atomic E-state index is 12.5. The minimum Gasteiger partial charge on any atom is -0.393 e. The van der Waals surface area contributed by atoms with Crippen molar-refractivity contribution in [3.8, 4) is 0 Å². The van der Waals surface area contributed by atoms with Gasteiger partial charge in [-0.25, -0.2) is 0 Å². The topological polar surface area (TPSA) is 55.6 Å². The van der Waals surface area contributed by atoms with Gasteiger partial charge in [0.25, 0.3) is 5.91 Å². The van der Waals surface area contributed by atoms with E-state index in [0.717, 1.165) is 0 Å². The smallest absolute Gasteiger partial charge is 0.255 e. The van der Waals surface area contributed by atoms with E-state index in [1.807, 2.05) is 0 Å². The van der Waals surface area contributed by atoms with Crippen LogP contribution in [0.4, 0.5) is 0 Å². The Kier molecular flexibility index (Phi) is 7.43. The quantitative estimate of drug-likeness (QED) is 0.740. The summed E-state index contributed by atoms with van der Waals surface area (Å²) < 4.78 is 5.71. The van der Waals surface area contributed by atoms with Crippen LogP contribution in [-0.4, -0.2) is 42.6 Å². The van der Waals surface area contributed by atoms with Gasteiger partial charge in [0, 0.05) is 31.1 Å². The van der Waals surface area contributed by atoms with Crippen molar-refractivity contribution in [2.24, 2.45) is 5.73 Å². The monoisotopic (exact) mass is 378 g/mol. The van der Waals surface area contributed by atoms with Crippen LogP contribution in [0.1, 0.15) is 16.8 Å². The van der Waals surface area contributed by atoms with Gasteiger partial charge in [-0.3, -0.25) is 4.79 Å².